The van der Waals surface area contributed by atoms with Crippen LogP contribution in [0, 0.1) is 11.8 Å². The van der Waals surface area contributed by atoms with Crippen LogP contribution in [0.1, 0.15) is 75.7 Å². The summed E-state index contributed by atoms with van der Waals surface area (Å²) in [6, 6.07) is 0. The maximum absolute atomic E-state index is 12.3. The average molecular weight is 426 g/mol. The number of rotatable bonds is 12. The van der Waals surface area contributed by atoms with Gasteiger partial charge in [-0.2, -0.15) is 0 Å². The van der Waals surface area contributed by atoms with E-state index in [9.17, 15) is 14.7 Å². The lowest BCUT2D eigenvalue weighted by Gasteiger charge is -2.22. The quantitative estimate of drug-likeness (QED) is 0.272. The molecule has 0 aliphatic heterocycles. The summed E-state index contributed by atoms with van der Waals surface area (Å²) >= 11 is 2.85. The van der Waals surface area contributed by atoms with Crippen LogP contribution in [0.25, 0.3) is 0 Å². The van der Waals surface area contributed by atoms with Crippen molar-refractivity contribution in [1.82, 2.24) is 4.98 Å². The van der Waals surface area contributed by atoms with E-state index in [4.69, 9.17) is 5.11 Å². The summed E-state index contributed by atoms with van der Waals surface area (Å²) in [5.41, 5.74) is -0.594. The highest BCUT2D eigenvalue weighted by molar-refractivity contribution is 8.01. The zero-order chi connectivity index (χ0) is 20.6. The zero-order valence-electron chi connectivity index (χ0n) is 16.7. The highest BCUT2D eigenvalue weighted by atomic mass is 32.2. The number of aromatic carboxylic acids is 1. The standard InChI is InChI=1S/C21H31NO4S2/c1-3-4-5-11-21(2,26)12-6-7-15-8-9-18(23)16(15)10-13-27-20-22-17(14-28-20)19(24)25/h6-7,14-16,26H,3-5,8-13H2,1-2H3,(H,24,25)/b7-6+/t15-,16+,21?/m0/s1. The number of unbranched alkanes of at least 4 members (excludes halogenated alkanes) is 2. The second kappa shape index (κ2) is 11.1. The second-order valence-corrected chi connectivity index (χ2v) is 10.0. The van der Waals surface area contributed by atoms with Crippen LogP contribution in [0.4, 0.5) is 0 Å². The van der Waals surface area contributed by atoms with Gasteiger partial charge in [-0.3, -0.25) is 4.79 Å². The van der Waals surface area contributed by atoms with Gasteiger partial charge >= 0.3 is 5.97 Å². The average Bonchev–Trinajstić information content (AvgIpc) is 3.23. The Morgan fingerprint density at radius 2 is 2.25 bits per heavy atom. The number of hydrogen-bond acceptors (Lipinski definition) is 6. The summed E-state index contributed by atoms with van der Waals surface area (Å²) in [4.78, 5) is 27.2. The van der Waals surface area contributed by atoms with E-state index < -0.39 is 11.6 Å². The normalized spacial score (nSPS) is 22.0. The third kappa shape index (κ3) is 7.33. The van der Waals surface area contributed by atoms with E-state index in [1.165, 1.54) is 23.1 Å². The number of allylic oxidation sites excluding steroid dienone is 1. The van der Waals surface area contributed by atoms with Crippen molar-refractivity contribution in [2.45, 2.75) is 75.2 Å². The molecule has 0 saturated heterocycles. The molecule has 1 aliphatic rings. The van der Waals surface area contributed by atoms with Crippen LogP contribution in [0.3, 0.4) is 0 Å². The van der Waals surface area contributed by atoms with Gasteiger partial charge in [-0.25, -0.2) is 9.78 Å². The van der Waals surface area contributed by atoms with Crippen molar-refractivity contribution in [2.75, 3.05) is 5.75 Å². The zero-order valence-corrected chi connectivity index (χ0v) is 18.4. The molecule has 1 unspecified atom stereocenters. The number of carboxylic acid groups (broad SMARTS) is 1. The Morgan fingerprint density at radius 1 is 1.46 bits per heavy atom. The third-order valence-corrected chi connectivity index (χ3v) is 7.33. The monoisotopic (exact) mass is 425 g/mol. The summed E-state index contributed by atoms with van der Waals surface area (Å²) in [6.45, 7) is 4.05. The number of Topliss-reactive ketones (excluding diaryl/α,β-unsaturated/α-hetero) is 1. The van der Waals surface area contributed by atoms with E-state index >= 15 is 0 Å². The molecule has 1 aromatic heterocycles. The SMILES string of the molecule is CCCCCC(C)(O)C/C=C/[C@H]1CCC(=O)[C@@H]1CCSc1nc(C(=O)O)cs1. The molecule has 1 saturated carbocycles. The van der Waals surface area contributed by atoms with Crippen LogP contribution in [-0.2, 0) is 4.79 Å². The first-order valence-corrected chi connectivity index (χ1v) is 11.9. The summed E-state index contributed by atoms with van der Waals surface area (Å²) in [6.07, 6.45) is 11.2. The molecule has 0 bridgehead atoms. The molecule has 2 N–H and O–H groups in total. The number of hydrogen-bond donors (Lipinski definition) is 2. The summed E-state index contributed by atoms with van der Waals surface area (Å²) in [7, 11) is 0. The fourth-order valence-electron chi connectivity index (χ4n) is 3.59. The molecule has 5 nitrogen and oxygen atoms in total. The van der Waals surface area contributed by atoms with Crippen LogP contribution >= 0.6 is 23.1 Å². The van der Waals surface area contributed by atoms with Gasteiger partial charge in [0, 0.05) is 23.5 Å². The molecule has 1 aliphatic carbocycles. The number of carbonyl (C=O) groups is 2. The van der Waals surface area contributed by atoms with Crippen molar-refractivity contribution >= 4 is 34.9 Å². The molecule has 1 aromatic rings. The van der Waals surface area contributed by atoms with Crippen LogP contribution in [0.2, 0.25) is 0 Å². The Hall–Kier alpha value is -1.18. The van der Waals surface area contributed by atoms with E-state index in [-0.39, 0.29) is 17.5 Å². The van der Waals surface area contributed by atoms with Crippen LogP contribution in [0.15, 0.2) is 21.9 Å². The number of aromatic nitrogens is 1. The number of ketones is 1. The number of carboxylic acids is 1. The summed E-state index contributed by atoms with van der Waals surface area (Å²) in [5, 5.41) is 20.9. The lowest BCUT2D eigenvalue weighted by molar-refractivity contribution is -0.121. The largest absolute Gasteiger partial charge is 0.476 e. The van der Waals surface area contributed by atoms with Crippen LogP contribution in [0.5, 0.6) is 0 Å². The summed E-state index contributed by atoms with van der Waals surface area (Å²) in [5.74, 6) is 0.320. The molecule has 0 amide bonds. The maximum atomic E-state index is 12.3. The van der Waals surface area contributed by atoms with Crippen LogP contribution < -0.4 is 0 Å². The van der Waals surface area contributed by atoms with Crippen molar-refractivity contribution in [3.8, 4) is 0 Å². The minimum atomic E-state index is -1.01. The molecule has 0 radical (unpaired) electrons. The van der Waals surface area contributed by atoms with E-state index in [0.717, 1.165) is 48.6 Å². The van der Waals surface area contributed by atoms with Gasteiger partial charge in [-0.1, -0.05) is 50.1 Å². The van der Waals surface area contributed by atoms with Gasteiger partial charge in [0.15, 0.2) is 10.0 Å². The molecule has 0 aromatic carbocycles. The van der Waals surface area contributed by atoms with Crippen molar-refractivity contribution in [2.24, 2.45) is 11.8 Å². The molecule has 156 valence electrons. The Balaban J connectivity index is 1.80. The molecule has 3 atom stereocenters. The minimum Gasteiger partial charge on any atom is -0.476 e. The highest BCUT2D eigenvalue weighted by Gasteiger charge is 2.32. The lowest BCUT2D eigenvalue weighted by Crippen LogP contribution is -2.23. The Labute approximate surface area is 175 Å². The van der Waals surface area contributed by atoms with E-state index in [0.29, 0.717) is 18.6 Å². The number of nitrogens with zero attached hydrogens (tertiary/aromatic N) is 1. The molecule has 2 rings (SSSR count). The van der Waals surface area contributed by atoms with E-state index in [1.807, 2.05) is 6.92 Å². The molecule has 0 spiro atoms. The van der Waals surface area contributed by atoms with E-state index in [1.54, 1.807) is 5.38 Å². The first-order valence-electron chi connectivity index (χ1n) is 10.1. The number of aliphatic hydroxyl groups is 1. The first-order chi connectivity index (χ1) is 13.3. The Kier molecular flexibility index (Phi) is 9.18. The van der Waals surface area contributed by atoms with Crippen LogP contribution in [-0.4, -0.2) is 38.3 Å². The van der Waals surface area contributed by atoms with Crippen molar-refractivity contribution in [3.63, 3.8) is 0 Å². The predicted molar refractivity (Wildman–Crippen MR) is 114 cm³/mol. The highest BCUT2D eigenvalue weighted by Crippen LogP contribution is 2.35. The van der Waals surface area contributed by atoms with Gasteiger partial charge in [0.05, 0.1) is 5.60 Å². The topological polar surface area (TPSA) is 87.5 Å². The van der Waals surface area contributed by atoms with Crippen molar-refractivity contribution < 1.29 is 19.8 Å². The van der Waals surface area contributed by atoms with Gasteiger partial charge in [0.25, 0.3) is 0 Å². The van der Waals surface area contributed by atoms with Crippen molar-refractivity contribution in [1.29, 1.82) is 0 Å². The van der Waals surface area contributed by atoms with Gasteiger partial charge in [0.1, 0.15) is 5.78 Å². The van der Waals surface area contributed by atoms with Gasteiger partial charge in [-0.15, -0.1) is 11.3 Å². The van der Waals surface area contributed by atoms with Crippen molar-refractivity contribution in [3.05, 3.63) is 23.2 Å². The molecular weight excluding hydrogens is 394 g/mol. The Bertz CT molecular complexity index is 684. The predicted octanol–water partition coefficient (Wildman–Crippen LogP) is 5.20. The molecular formula is C21H31NO4S2. The number of thiazole rings is 1. The second-order valence-electron chi connectivity index (χ2n) is 7.80. The van der Waals surface area contributed by atoms with Gasteiger partial charge < -0.3 is 10.2 Å². The fraction of sp³-hybridized carbons (Fsp3) is 0.667. The van der Waals surface area contributed by atoms with E-state index in [2.05, 4.69) is 24.1 Å². The first kappa shape index (κ1) is 23.1. The summed E-state index contributed by atoms with van der Waals surface area (Å²) < 4.78 is 0.734. The molecule has 1 heterocycles. The third-order valence-electron chi connectivity index (χ3n) is 5.27. The Morgan fingerprint density at radius 3 is 2.93 bits per heavy atom. The number of carbonyl (C=O) groups excluding carboxylic acids is 1. The minimum absolute atomic E-state index is 0.0210. The molecule has 7 heteroatoms. The fourth-order valence-corrected chi connectivity index (χ4v) is 5.48. The molecule has 28 heavy (non-hydrogen) atoms. The maximum Gasteiger partial charge on any atom is 0.355 e. The van der Waals surface area contributed by atoms with Gasteiger partial charge in [0.2, 0.25) is 0 Å². The molecule has 1 fully saturated rings. The lowest BCUT2D eigenvalue weighted by atomic mass is 9.90. The van der Waals surface area contributed by atoms with Gasteiger partial charge in [-0.05, 0) is 38.5 Å². The smallest absolute Gasteiger partial charge is 0.355 e. The number of thioether (sulfide) groups is 1.